The van der Waals surface area contributed by atoms with Gasteiger partial charge < -0.3 is 4.90 Å². The van der Waals surface area contributed by atoms with Crippen molar-refractivity contribution in [3.05, 3.63) is 35.9 Å². The number of hydrogen-bond acceptors (Lipinski definition) is 5. The van der Waals surface area contributed by atoms with Crippen LogP contribution in [0.25, 0.3) is 6.08 Å². The summed E-state index contributed by atoms with van der Waals surface area (Å²) in [4.78, 5) is 14.2. The molecule has 162 valence electrons. The highest BCUT2D eigenvalue weighted by atomic mass is 32.2. The van der Waals surface area contributed by atoms with Gasteiger partial charge in [0, 0.05) is 45.3 Å². The lowest BCUT2D eigenvalue weighted by atomic mass is 10.2. The second kappa shape index (κ2) is 9.84. The number of carbonyl (C=O) groups excluding carboxylic acids is 1. The minimum absolute atomic E-state index is 0.0564. The quantitative estimate of drug-likeness (QED) is 0.563. The van der Waals surface area contributed by atoms with Crippen LogP contribution >= 0.6 is 0 Å². The lowest BCUT2D eigenvalue weighted by Crippen LogP contribution is -2.50. The highest BCUT2D eigenvalue weighted by Crippen LogP contribution is 2.17. The molecule has 1 saturated heterocycles. The standard InChI is InChI=1S/C19H29N3O5S2/c1-4-21(5-2)29(26,27)18-10-7-17(8-11-18)9-12-19(23)20-13-15-22(16-14-20)28(24,25)6-3/h7-12H,4-6,13-16H2,1-3H3/b12-9+. The van der Waals surface area contributed by atoms with Crippen molar-refractivity contribution < 1.29 is 21.6 Å². The molecule has 0 unspecified atom stereocenters. The number of hydrogen-bond donors (Lipinski definition) is 0. The molecular formula is C19H29N3O5S2. The minimum Gasteiger partial charge on any atom is -0.337 e. The average molecular weight is 444 g/mol. The van der Waals surface area contributed by atoms with Crippen LogP contribution in [0.1, 0.15) is 26.3 Å². The summed E-state index contributed by atoms with van der Waals surface area (Å²) in [6.45, 7) is 7.30. The van der Waals surface area contributed by atoms with Gasteiger partial charge in [0.05, 0.1) is 10.6 Å². The zero-order valence-electron chi connectivity index (χ0n) is 17.1. The Morgan fingerprint density at radius 2 is 1.52 bits per heavy atom. The largest absolute Gasteiger partial charge is 0.337 e. The lowest BCUT2D eigenvalue weighted by Gasteiger charge is -2.33. The molecule has 2 rings (SSSR count). The maximum absolute atomic E-state index is 12.5. The van der Waals surface area contributed by atoms with Crippen molar-refractivity contribution >= 4 is 32.0 Å². The van der Waals surface area contributed by atoms with Gasteiger partial charge in [-0.25, -0.2) is 16.8 Å². The van der Waals surface area contributed by atoms with Crippen molar-refractivity contribution in [3.8, 4) is 0 Å². The summed E-state index contributed by atoms with van der Waals surface area (Å²) < 4.78 is 51.6. The van der Waals surface area contributed by atoms with Gasteiger partial charge in [0.1, 0.15) is 0 Å². The molecule has 1 aromatic carbocycles. The van der Waals surface area contributed by atoms with Gasteiger partial charge in [-0.3, -0.25) is 4.79 Å². The summed E-state index contributed by atoms with van der Waals surface area (Å²) >= 11 is 0. The molecule has 0 N–H and O–H groups in total. The number of nitrogens with zero attached hydrogens (tertiary/aromatic N) is 3. The molecule has 10 heteroatoms. The van der Waals surface area contributed by atoms with E-state index in [-0.39, 0.29) is 16.6 Å². The summed E-state index contributed by atoms with van der Waals surface area (Å²) in [5, 5.41) is 0. The second-order valence-corrected chi connectivity index (χ2v) is 10.8. The summed E-state index contributed by atoms with van der Waals surface area (Å²) in [6.07, 6.45) is 3.06. The molecule has 29 heavy (non-hydrogen) atoms. The van der Waals surface area contributed by atoms with E-state index in [1.54, 1.807) is 43.9 Å². The third kappa shape index (κ3) is 5.65. The Morgan fingerprint density at radius 1 is 0.966 bits per heavy atom. The van der Waals surface area contributed by atoms with E-state index in [1.807, 2.05) is 0 Å². The van der Waals surface area contributed by atoms with Gasteiger partial charge in [0.2, 0.25) is 26.0 Å². The minimum atomic E-state index is -3.51. The molecule has 0 spiro atoms. The van der Waals surface area contributed by atoms with E-state index in [0.29, 0.717) is 44.8 Å². The van der Waals surface area contributed by atoms with Crippen LogP contribution in [0.2, 0.25) is 0 Å². The number of amides is 1. The molecule has 0 saturated carbocycles. The van der Waals surface area contributed by atoms with Crippen molar-refractivity contribution in [3.63, 3.8) is 0 Å². The molecule has 1 amide bonds. The fraction of sp³-hybridized carbons (Fsp3) is 0.526. The molecule has 0 bridgehead atoms. The van der Waals surface area contributed by atoms with Crippen LogP contribution in [-0.4, -0.2) is 81.3 Å². The third-order valence-corrected chi connectivity index (χ3v) is 8.90. The molecule has 0 aromatic heterocycles. The predicted molar refractivity (Wildman–Crippen MR) is 113 cm³/mol. The number of sulfonamides is 2. The average Bonchev–Trinajstić information content (AvgIpc) is 2.73. The summed E-state index contributed by atoms with van der Waals surface area (Å²) in [6, 6.07) is 6.39. The van der Waals surface area contributed by atoms with Crippen molar-refractivity contribution in [1.82, 2.24) is 13.5 Å². The SMILES string of the molecule is CCN(CC)S(=O)(=O)c1ccc(/C=C/C(=O)N2CCN(S(=O)(=O)CC)CC2)cc1. The Hall–Kier alpha value is -1.75. The van der Waals surface area contributed by atoms with Crippen molar-refractivity contribution in [1.29, 1.82) is 0 Å². The van der Waals surface area contributed by atoms with Crippen molar-refractivity contribution in [2.45, 2.75) is 25.7 Å². The number of piperazine rings is 1. The Kier molecular flexibility index (Phi) is 7.98. The van der Waals surface area contributed by atoms with Gasteiger partial charge in [0.25, 0.3) is 0 Å². The molecule has 1 aromatic rings. The van der Waals surface area contributed by atoms with Gasteiger partial charge in [-0.05, 0) is 30.7 Å². The van der Waals surface area contributed by atoms with Crippen LogP contribution in [0.15, 0.2) is 35.2 Å². The van der Waals surface area contributed by atoms with Crippen LogP contribution in [0.3, 0.4) is 0 Å². The molecule has 1 aliphatic heterocycles. The Balaban J connectivity index is 1.99. The van der Waals surface area contributed by atoms with E-state index >= 15 is 0 Å². The molecule has 1 aliphatic rings. The Bertz CT molecular complexity index is 929. The van der Waals surface area contributed by atoms with Gasteiger partial charge in [-0.2, -0.15) is 8.61 Å². The summed E-state index contributed by atoms with van der Waals surface area (Å²) in [5.74, 6) is -0.140. The summed E-state index contributed by atoms with van der Waals surface area (Å²) in [7, 11) is -6.73. The van der Waals surface area contributed by atoms with Gasteiger partial charge in [-0.1, -0.05) is 26.0 Å². The Morgan fingerprint density at radius 3 is 2.00 bits per heavy atom. The second-order valence-electron chi connectivity index (χ2n) is 6.62. The maximum atomic E-state index is 12.5. The first-order valence-electron chi connectivity index (χ1n) is 9.70. The maximum Gasteiger partial charge on any atom is 0.246 e. The highest BCUT2D eigenvalue weighted by molar-refractivity contribution is 7.89. The van der Waals surface area contributed by atoms with E-state index in [1.165, 1.54) is 26.8 Å². The Labute approximate surface area is 173 Å². The number of carbonyl (C=O) groups is 1. The molecule has 8 nitrogen and oxygen atoms in total. The fourth-order valence-corrected chi connectivity index (χ4v) is 5.65. The van der Waals surface area contributed by atoms with Gasteiger partial charge >= 0.3 is 0 Å². The van der Waals surface area contributed by atoms with Crippen molar-refractivity contribution in [2.24, 2.45) is 0 Å². The first-order chi connectivity index (χ1) is 13.7. The molecular weight excluding hydrogens is 414 g/mol. The van der Waals surface area contributed by atoms with Gasteiger partial charge in [0.15, 0.2) is 0 Å². The lowest BCUT2D eigenvalue weighted by molar-refractivity contribution is -0.127. The zero-order valence-corrected chi connectivity index (χ0v) is 18.7. The first-order valence-corrected chi connectivity index (χ1v) is 12.8. The van der Waals surface area contributed by atoms with E-state index in [9.17, 15) is 21.6 Å². The third-order valence-electron chi connectivity index (χ3n) is 4.95. The van der Waals surface area contributed by atoms with E-state index in [0.717, 1.165) is 0 Å². The highest BCUT2D eigenvalue weighted by Gasteiger charge is 2.26. The first kappa shape index (κ1) is 23.5. The van der Waals surface area contributed by atoms with Crippen LogP contribution in [0, 0.1) is 0 Å². The number of rotatable bonds is 8. The monoisotopic (exact) mass is 443 g/mol. The van der Waals surface area contributed by atoms with Crippen LogP contribution in [0.5, 0.6) is 0 Å². The van der Waals surface area contributed by atoms with E-state index in [2.05, 4.69) is 0 Å². The van der Waals surface area contributed by atoms with Crippen LogP contribution < -0.4 is 0 Å². The molecule has 0 aliphatic carbocycles. The van der Waals surface area contributed by atoms with Crippen molar-refractivity contribution in [2.75, 3.05) is 45.0 Å². The smallest absolute Gasteiger partial charge is 0.246 e. The number of benzene rings is 1. The molecule has 0 atom stereocenters. The zero-order chi connectivity index (χ0) is 21.7. The molecule has 1 fully saturated rings. The fourth-order valence-electron chi connectivity index (χ4n) is 3.11. The van der Waals surface area contributed by atoms with Crippen LogP contribution in [-0.2, 0) is 24.8 Å². The summed E-state index contributed by atoms with van der Waals surface area (Å²) in [5.41, 5.74) is 0.712. The van der Waals surface area contributed by atoms with E-state index < -0.39 is 20.0 Å². The van der Waals surface area contributed by atoms with E-state index in [4.69, 9.17) is 0 Å². The predicted octanol–water partition coefficient (Wildman–Crippen LogP) is 1.22. The molecule has 1 heterocycles. The topological polar surface area (TPSA) is 95.1 Å². The van der Waals surface area contributed by atoms with Gasteiger partial charge in [-0.15, -0.1) is 0 Å². The van der Waals surface area contributed by atoms with Crippen LogP contribution in [0.4, 0.5) is 0 Å². The normalized spacial score (nSPS) is 16.6. The molecule has 0 radical (unpaired) electrons.